The third kappa shape index (κ3) is 3.62. The fourth-order valence-corrected chi connectivity index (χ4v) is 3.12. The van der Waals surface area contributed by atoms with E-state index in [2.05, 4.69) is 15.0 Å². The number of nitrogens with zero attached hydrogens (tertiary/aromatic N) is 5. The maximum atomic E-state index is 14.2. The zero-order valence-electron chi connectivity index (χ0n) is 14.6. The molecule has 3 heterocycles. The van der Waals surface area contributed by atoms with Gasteiger partial charge in [0.15, 0.2) is 0 Å². The normalized spacial score (nSPS) is 14.3. The van der Waals surface area contributed by atoms with E-state index < -0.39 is 5.82 Å². The van der Waals surface area contributed by atoms with Crippen molar-refractivity contribution in [3.63, 3.8) is 0 Å². The molecule has 1 fully saturated rings. The van der Waals surface area contributed by atoms with Gasteiger partial charge in [-0.25, -0.2) is 14.4 Å². The lowest BCUT2D eigenvalue weighted by atomic mass is 10.1. The van der Waals surface area contributed by atoms with Gasteiger partial charge < -0.3 is 9.80 Å². The first-order valence-corrected chi connectivity index (χ1v) is 8.74. The number of carbonyl (C=O) groups is 1. The number of pyridine rings is 1. The van der Waals surface area contributed by atoms with Crippen molar-refractivity contribution in [3.8, 4) is 11.3 Å². The molecule has 4 rings (SSSR count). The molecule has 2 aromatic heterocycles. The van der Waals surface area contributed by atoms with Crippen molar-refractivity contribution >= 4 is 11.9 Å². The molecule has 6 nitrogen and oxygen atoms in total. The summed E-state index contributed by atoms with van der Waals surface area (Å²) in [5, 5.41) is 0. The number of carbonyl (C=O) groups excluding carboxylic acids is 1. The van der Waals surface area contributed by atoms with Gasteiger partial charge in [-0.05, 0) is 36.4 Å². The van der Waals surface area contributed by atoms with Crippen LogP contribution >= 0.6 is 0 Å². The second-order valence-corrected chi connectivity index (χ2v) is 6.24. The Kier molecular flexibility index (Phi) is 4.74. The van der Waals surface area contributed by atoms with Crippen LogP contribution in [-0.2, 0) is 0 Å². The molecule has 1 amide bonds. The molecular formula is C20H18FN5O. The maximum Gasteiger partial charge on any atom is 0.254 e. The predicted molar refractivity (Wildman–Crippen MR) is 99.8 cm³/mol. The molecule has 0 aliphatic carbocycles. The first-order valence-electron chi connectivity index (χ1n) is 8.74. The summed E-state index contributed by atoms with van der Waals surface area (Å²) in [6, 6.07) is 11.5. The van der Waals surface area contributed by atoms with Crippen LogP contribution in [0.25, 0.3) is 11.3 Å². The van der Waals surface area contributed by atoms with Gasteiger partial charge in [0.2, 0.25) is 5.95 Å². The fraction of sp³-hybridized carbons (Fsp3) is 0.200. The van der Waals surface area contributed by atoms with E-state index in [4.69, 9.17) is 0 Å². The van der Waals surface area contributed by atoms with E-state index >= 15 is 0 Å². The Morgan fingerprint density at radius 2 is 1.63 bits per heavy atom. The molecule has 7 heteroatoms. The van der Waals surface area contributed by atoms with Crippen LogP contribution in [0, 0.1) is 5.82 Å². The molecular weight excluding hydrogens is 345 g/mol. The Hall–Kier alpha value is -3.35. The number of hydrogen-bond donors (Lipinski definition) is 0. The van der Waals surface area contributed by atoms with Crippen molar-refractivity contribution in [3.05, 3.63) is 72.4 Å². The van der Waals surface area contributed by atoms with Crippen LogP contribution in [0.1, 0.15) is 10.4 Å². The Morgan fingerprint density at radius 3 is 2.33 bits per heavy atom. The van der Waals surface area contributed by atoms with Crippen LogP contribution in [0.4, 0.5) is 10.3 Å². The van der Waals surface area contributed by atoms with Crippen molar-refractivity contribution in [2.45, 2.75) is 0 Å². The number of benzene rings is 1. The average molecular weight is 363 g/mol. The summed E-state index contributed by atoms with van der Waals surface area (Å²) < 4.78 is 14.2. The SMILES string of the molecule is O=C(c1ccc(F)c(-c2ccccn2)c1)N1CCN(c2ncccn2)CC1. The van der Waals surface area contributed by atoms with Gasteiger partial charge in [0.1, 0.15) is 5.82 Å². The third-order valence-corrected chi connectivity index (χ3v) is 4.56. The molecule has 3 aromatic rings. The van der Waals surface area contributed by atoms with Gasteiger partial charge in [-0.15, -0.1) is 0 Å². The maximum absolute atomic E-state index is 14.2. The minimum atomic E-state index is -0.392. The quantitative estimate of drug-likeness (QED) is 0.716. The Balaban J connectivity index is 1.49. The first kappa shape index (κ1) is 17.1. The summed E-state index contributed by atoms with van der Waals surface area (Å²) >= 11 is 0. The van der Waals surface area contributed by atoms with E-state index in [1.54, 1.807) is 53.8 Å². The van der Waals surface area contributed by atoms with Crippen LogP contribution in [0.3, 0.4) is 0 Å². The van der Waals surface area contributed by atoms with Gasteiger partial charge in [0.25, 0.3) is 5.91 Å². The van der Waals surface area contributed by atoms with E-state index in [1.165, 1.54) is 12.1 Å². The van der Waals surface area contributed by atoms with Crippen LogP contribution in [0.15, 0.2) is 61.1 Å². The van der Waals surface area contributed by atoms with Gasteiger partial charge in [-0.3, -0.25) is 9.78 Å². The average Bonchev–Trinajstić information content (AvgIpc) is 2.75. The molecule has 0 bridgehead atoms. The number of anilines is 1. The molecule has 0 atom stereocenters. The number of halogens is 1. The van der Waals surface area contributed by atoms with E-state index in [-0.39, 0.29) is 5.91 Å². The van der Waals surface area contributed by atoms with Crippen molar-refractivity contribution in [2.75, 3.05) is 31.1 Å². The lowest BCUT2D eigenvalue weighted by molar-refractivity contribution is 0.0746. The van der Waals surface area contributed by atoms with Crippen molar-refractivity contribution in [2.24, 2.45) is 0 Å². The summed E-state index contributed by atoms with van der Waals surface area (Å²) in [4.78, 5) is 29.4. The third-order valence-electron chi connectivity index (χ3n) is 4.56. The molecule has 0 spiro atoms. The number of rotatable bonds is 3. The van der Waals surface area contributed by atoms with Crippen molar-refractivity contribution in [1.29, 1.82) is 0 Å². The fourth-order valence-electron chi connectivity index (χ4n) is 3.12. The lowest BCUT2D eigenvalue weighted by Gasteiger charge is -2.34. The molecule has 0 unspecified atom stereocenters. The molecule has 1 aliphatic heterocycles. The number of aromatic nitrogens is 3. The second-order valence-electron chi connectivity index (χ2n) is 6.24. The van der Waals surface area contributed by atoms with Crippen molar-refractivity contribution in [1.82, 2.24) is 19.9 Å². The summed E-state index contributed by atoms with van der Waals surface area (Å²) in [6.07, 6.45) is 5.02. The summed E-state index contributed by atoms with van der Waals surface area (Å²) in [6.45, 7) is 2.44. The molecule has 0 N–H and O–H groups in total. The largest absolute Gasteiger partial charge is 0.337 e. The Labute approximate surface area is 156 Å². The van der Waals surface area contributed by atoms with E-state index in [1.807, 2.05) is 4.90 Å². The summed E-state index contributed by atoms with van der Waals surface area (Å²) in [5.41, 5.74) is 1.30. The van der Waals surface area contributed by atoms with Crippen LogP contribution in [0.5, 0.6) is 0 Å². The standard InChI is InChI=1S/C20H18FN5O/c21-17-6-5-15(14-16(17)18-4-1-2-7-22-18)19(27)25-10-12-26(13-11-25)20-23-8-3-9-24-20/h1-9,14H,10-13H2. The Morgan fingerprint density at radius 1 is 0.889 bits per heavy atom. The highest BCUT2D eigenvalue weighted by molar-refractivity contribution is 5.95. The number of hydrogen-bond acceptors (Lipinski definition) is 5. The number of piperazine rings is 1. The molecule has 27 heavy (non-hydrogen) atoms. The van der Waals surface area contributed by atoms with Gasteiger partial charge in [0, 0.05) is 55.9 Å². The molecule has 136 valence electrons. The minimum absolute atomic E-state index is 0.110. The molecule has 1 saturated heterocycles. The smallest absolute Gasteiger partial charge is 0.254 e. The monoisotopic (exact) mass is 363 g/mol. The van der Waals surface area contributed by atoms with Crippen LogP contribution in [-0.4, -0.2) is 51.9 Å². The van der Waals surface area contributed by atoms with E-state index in [0.717, 1.165) is 0 Å². The highest BCUT2D eigenvalue weighted by atomic mass is 19.1. The van der Waals surface area contributed by atoms with Crippen LogP contribution in [0.2, 0.25) is 0 Å². The molecule has 1 aliphatic rings. The second kappa shape index (κ2) is 7.49. The first-order chi connectivity index (χ1) is 13.2. The topological polar surface area (TPSA) is 62.2 Å². The summed E-state index contributed by atoms with van der Waals surface area (Å²) in [7, 11) is 0. The van der Waals surface area contributed by atoms with E-state index in [9.17, 15) is 9.18 Å². The van der Waals surface area contributed by atoms with Gasteiger partial charge in [-0.2, -0.15) is 0 Å². The summed E-state index contributed by atoms with van der Waals surface area (Å²) in [5.74, 6) is 0.168. The van der Waals surface area contributed by atoms with Gasteiger partial charge in [-0.1, -0.05) is 6.07 Å². The Bertz CT molecular complexity index is 928. The molecule has 0 saturated carbocycles. The van der Waals surface area contributed by atoms with E-state index in [0.29, 0.717) is 48.9 Å². The zero-order valence-corrected chi connectivity index (χ0v) is 14.6. The lowest BCUT2D eigenvalue weighted by Crippen LogP contribution is -2.49. The predicted octanol–water partition coefficient (Wildman–Crippen LogP) is 2.64. The number of amides is 1. The minimum Gasteiger partial charge on any atom is -0.337 e. The highest BCUT2D eigenvalue weighted by Gasteiger charge is 2.24. The van der Waals surface area contributed by atoms with Gasteiger partial charge in [0.05, 0.1) is 5.69 Å². The molecule has 0 radical (unpaired) electrons. The molecule has 1 aromatic carbocycles. The van der Waals surface area contributed by atoms with Crippen molar-refractivity contribution < 1.29 is 9.18 Å². The van der Waals surface area contributed by atoms with Crippen LogP contribution < -0.4 is 4.90 Å². The zero-order chi connectivity index (χ0) is 18.6. The highest BCUT2D eigenvalue weighted by Crippen LogP contribution is 2.23. The van der Waals surface area contributed by atoms with Gasteiger partial charge >= 0.3 is 0 Å².